The van der Waals surface area contributed by atoms with Gasteiger partial charge in [0.15, 0.2) is 0 Å². The van der Waals surface area contributed by atoms with Crippen molar-refractivity contribution in [1.29, 1.82) is 0 Å². The Morgan fingerprint density at radius 3 is 2.10 bits per heavy atom. The molecule has 0 radical (unpaired) electrons. The predicted octanol–water partition coefficient (Wildman–Crippen LogP) is 1.11. The Kier molecular flexibility index (Phi) is 12.4. The molecule has 0 saturated carbocycles. The largest absolute Gasteiger partial charge is 0.481 e. The normalized spacial score (nSPS) is 11.2. The molecule has 0 amide bonds. The van der Waals surface area contributed by atoms with Gasteiger partial charge in [0.2, 0.25) is 0 Å². The average molecular weight is 280 g/mol. The topological polar surface area (TPSA) is 57.5 Å². The molecule has 1 unspecified atom stereocenters. The van der Waals surface area contributed by atoms with Crippen molar-refractivity contribution in [2.45, 2.75) is 13.0 Å². The van der Waals surface area contributed by atoms with Gasteiger partial charge >= 0.3 is 0 Å². The van der Waals surface area contributed by atoms with E-state index in [9.17, 15) is 0 Å². The summed E-state index contributed by atoms with van der Waals surface area (Å²) in [6, 6.07) is 0. The van der Waals surface area contributed by atoms with E-state index in [1.165, 1.54) is 0 Å². The minimum Gasteiger partial charge on any atom is -0.481 e. The van der Waals surface area contributed by atoms with Crippen molar-refractivity contribution in [3.8, 4) is 0 Å². The zero-order valence-electron chi connectivity index (χ0n) is 5.55. The molecular weight excluding hydrogens is 270 g/mol. The number of carbonyl (C=O) groups is 1. The van der Waals surface area contributed by atoms with Crippen molar-refractivity contribution in [3.63, 3.8) is 0 Å². The number of hydrogen-bond acceptors (Lipinski definition) is 2. The first-order valence-electron chi connectivity index (χ1n) is 2.54. The number of aliphatic hydroxyl groups excluding tert-OH is 1. The predicted molar refractivity (Wildman–Crippen MR) is 48.9 cm³/mol. The van der Waals surface area contributed by atoms with E-state index in [0.29, 0.717) is 5.88 Å². The molecule has 62 valence electrons. The second-order valence-electron chi connectivity index (χ2n) is 1.48. The second-order valence-corrected chi connectivity index (χ2v) is 2.67. The Morgan fingerprint density at radius 2 is 2.10 bits per heavy atom. The standard InChI is InChI=1S/C3H6ClIO.C2H4O2/c4-1-3(6)2-5;1-2(3)4/h3,6H,1-2H2;1H3,(H,3,4). The molecule has 2 N–H and O–H groups in total. The third-order valence-electron chi connectivity index (χ3n) is 0.356. The fourth-order valence-electron chi connectivity index (χ4n) is 0.0412. The van der Waals surface area contributed by atoms with Gasteiger partial charge in [-0.05, 0) is 0 Å². The number of aliphatic hydroxyl groups is 1. The fourth-order valence-corrected chi connectivity index (χ4v) is 0.830. The van der Waals surface area contributed by atoms with Crippen LogP contribution in [0.5, 0.6) is 0 Å². The minimum atomic E-state index is -0.833. The van der Waals surface area contributed by atoms with Crippen LogP contribution in [0.4, 0.5) is 0 Å². The van der Waals surface area contributed by atoms with Crippen LogP contribution in [0.1, 0.15) is 6.92 Å². The lowest BCUT2D eigenvalue weighted by Gasteiger charge is -1.95. The fraction of sp³-hybridized carbons (Fsp3) is 0.800. The number of carboxylic acid groups (broad SMARTS) is 1. The van der Waals surface area contributed by atoms with Crippen LogP contribution in [0, 0.1) is 0 Å². The summed E-state index contributed by atoms with van der Waals surface area (Å²) in [6.45, 7) is 1.08. The molecule has 10 heavy (non-hydrogen) atoms. The van der Waals surface area contributed by atoms with Crippen molar-refractivity contribution in [3.05, 3.63) is 0 Å². The molecule has 0 fully saturated rings. The highest BCUT2D eigenvalue weighted by Gasteiger charge is 1.93. The first-order chi connectivity index (χ1) is 4.54. The third-order valence-corrected chi connectivity index (χ3v) is 1.73. The van der Waals surface area contributed by atoms with Gasteiger partial charge in [-0.1, -0.05) is 22.6 Å². The Morgan fingerprint density at radius 1 is 1.80 bits per heavy atom. The second kappa shape index (κ2) is 9.45. The molecule has 0 aromatic rings. The summed E-state index contributed by atoms with van der Waals surface area (Å²) in [6.07, 6.45) is -0.313. The zero-order chi connectivity index (χ0) is 8.57. The molecule has 0 aliphatic carbocycles. The van der Waals surface area contributed by atoms with Crippen molar-refractivity contribution >= 4 is 40.2 Å². The molecule has 0 rings (SSSR count). The molecule has 0 aromatic carbocycles. The lowest BCUT2D eigenvalue weighted by molar-refractivity contribution is -0.134. The van der Waals surface area contributed by atoms with E-state index in [2.05, 4.69) is 22.6 Å². The summed E-state index contributed by atoms with van der Waals surface area (Å²) in [4.78, 5) is 9.00. The molecule has 0 saturated heterocycles. The zero-order valence-corrected chi connectivity index (χ0v) is 8.46. The summed E-state index contributed by atoms with van der Waals surface area (Å²) in [7, 11) is 0. The van der Waals surface area contributed by atoms with Gasteiger partial charge in [0.05, 0.1) is 6.10 Å². The van der Waals surface area contributed by atoms with E-state index in [0.717, 1.165) is 11.4 Å². The third kappa shape index (κ3) is 23.7. The number of carboxylic acids is 1. The molecule has 5 heteroatoms. The molecule has 0 aromatic heterocycles. The number of hydrogen-bond donors (Lipinski definition) is 2. The van der Waals surface area contributed by atoms with Gasteiger partial charge in [0.25, 0.3) is 5.97 Å². The van der Waals surface area contributed by atoms with E-state index >= 15 is 0 Å². The maximum absolute atomic E-state index is 9.00. The molecule has 0 spiro atoms. The highest BCUT2D eigenvalue weighted by molar-refractivity contribution is 14.1. The summed E-state index contributed by atoms with van der Waals surface area (Å²) >= 11 is 7.28. The number of halogens is 2. The average Bonchev–Trinajstić information content (AvgIpc) is 1.85. The van der Waals surface area contributed by atoms with Crippen LogP contribution in [-0.2, 0) is 4.79 Å². The molecular formula is C5H10ClIO3. The Labute approximate surface area is 78.5 Å². The lowest BCUT2D eigenvalue weighted by atomic mass is 10.5. The summed E-state index contributed by atoms with van der Waals surface area (Å²) < 4.78 is 0.723. The van der Waals surface area contributed by atoms with Crippen LogP contribution in [0.3, 0.4) is 0 Å². The molecule has 3 nitrogen and oxygen atoms in total. The molecule has 0 aliphatic heterocycles. The van der Waals surface area contributed by atoms with E-state index in [1.807, 2.05) is 0 Å². The van der Waals surface area contributed by atoms with Gasteiger partial charge in [-0.3, -0.25) is 4.79 Å². The maximum Gasteiger partial charge on any atom is 0.300 e. The Balaban J connectivity index is 0. The van der Waals surface area contributed by atoms with E-state index in [-0.39, 0.29) is 6.10 Å². The lowest BCUT2D eigenvalue weighted by Crippen LogP contribution is -2.08. The molecule has 0 aliphatic rings. The van der Waals surface area contributed by atoms with Crippen molar-refractivity contribution in [2.75, 3.05) is 10.3 Å². The van der Waals surface area contributed by atoms with Crippen LogP contribution < -0.4 is 0 Å². The smallest absolute Gasteiger partial charge is 0.300 e. The van der Waals surface area contributed by atoms with Gasteiger partial charge < -0.3 is 10.2 Å². The first-order valence-corrected chi connectivity index (χ1v) is 4.60. The van der Waals surface area contributed by atoms with Crippen LogP contribution in [0.25, 0.3) is 0 Å². The molecule has 1 atom stereocenters. The summed E-state index contributed by atoms with van der Waals surface area (Å²) in [5, 5.41) is 15.9. The monoisotopic (exact) mass is 280 g/mol. The van der Waals surface area contributed by atoms with E-state index < -0.39 is 5.97 Å². The van der Waals surface area contributed by atoms with E-state index in [1.54, 1.807) is 0 Å². The van der Waals surface area contributed by atoms with Crippen LogP contribution in [0.2, 0.25) is 0 Å². The van der Waals surface area contributed by atoms with Crippen LogP contribution >= 0.6 is 34.2 Å². The van der Waals surface area contributed by atoms with Gasteiger partial charge in [-0.2, -0.15) is 0 Å². The molecule has 0 heterocycles. The Hall–Kier alpha value is 0.450. The summed E-state index contributed by atoms with van der Waals surface area (Å²) in [5.74, 6) is -0.483. The van der Waals surface area contributed by atoms with Gasteiger partial charge in [0.1, 0.15) is 0 Å². The highest BCUT2D eigenvalue weighted by Crippen LogP contribution is 1.91. The van der Waals surface area contributed by atoms with Gasteiger partial charge in [-0.25, -0.2) is 0 Å². The maximum atomic E-state index is 9.00. The number of rotatable bonds is 2. The Bertz CT molecular complexity index is 81.0. The SMILES string of the molecule is CC(=O)O.OC(CCl)CI. The van der Waals surface area contributed by atoms with Crippen LogP contribution in [0.15, 0.2) is 0 Å². The van der Waals surface area contributed by atoms with E-state index in [4.69, 9.17) is 26.6 Å². The van der Waals surface area contributed by atoms with Crippen LogP contribution in [-0.4, -0.2) is 32.6 Å². The van der Waals surface area contributed by atoms with Gasteiger partial charge in [-0.15, -0.1) is 11.6 Å². The van der Waals surface area contributed by atoms with Crippen molar-refractivity contribution < 1.29 is 15.0 Å². The first kappa shape index (κ1) is 13.1. The molecule has 0 bridgehead atoms. The number of alkyl halides is 2. The quantitative estimate of drug-likeness (QED) is 0.588. The van der Waals surface area contributed by atoms with Gasteiger partial charge in [0, 0.05) is 17.2 Å². The highest BCUT2D eigenvalue weighted by atomic mass is 127. The minimum absolute atomic E-state index is 0.313. The van der Waals surface area contributed by atoms with Crippen molar-refractivity contribution in [2.24, 2.45) is 0 Å². The summed E-state index contributed by atoms with van der Waals surface area (Å²) in [5.41, 5.74) is 0. The number of aliphatic carboxylic acids is 1. The van der Waals surface area contributed by atoms with Crippen molar-refractivity contribution in [1.82, 2.24) is 0 Å².